The van der Waals surface area contributed by atoms with Crippen molar-refractivity contribution in [3.8, 4) is 0 Å². The zero-order valence-electron chi connectivity index (χ0n) is 12.0. The highest BCUT2D eigenvalue weighted by Gasteiger charge is 2.27. The van der Waals surface area contributed by atoms with E-state index < -0.39 is 0 Å². The van der Waals surface area contributed by atoms with Gasteiger partial charge in [-0.05, 0) is 56.0 Å². The van der Waals surface area contributed by atoms with Gasteiger partial charge in [0.1, 0.15) is 6.61 Å². The molecule has 0 fully saturated rings. The van der Waals surface area contributed by atoms with Gasteiger partial charge in [0.05, 0.1) is 5.54 Å². The second kappa shape index (κ2) is 4.89. The summed E-state index contributed by atoms with van der Waals surface area (Å²) < 4.78 is 5.68. The Bertz CT molecular complexity index is 611. The number of hydrogen-bond donors (Lipinski definition) is 0. The predicted octanol–water partition coefficient (Wildman–Crippen LogP) is 3.38. The summed E-state index contributed by atoms with van der Waals surface area (Å²) in [7, 11) is 0. The van der Waals surface area contributed by atoms with Gasteiger partial charge in [-0.2, -0.15) is 0 Å². The van der Waals surface area contributed by atoms with Gasteiger partial charge >= 0.3 is 0 Å². The first-order valence-electron chi connectivity index (χ1n) is 7.10. The summed E-state index contributed by atoms with van der Waals surface area (Å²) >= 11 is 0. The van der Waals surface area contributed by atoms with E-state index in [1.807, 2.05) is 12.1 Å². The Kier molecular flexibility index (Phi) is 3.20. The third-order valence-electron chi connectivity index (χ3n) is 3.65. The minimum atomic E-state index is -0.147. The van der Waals surface area contributed by atoms with Crippen LogP contribution in [0.4, 0.5) is 0 Å². The van der Waals surface area contributed by atoms with E-state index in [2.05, 4.69) is 31.0 Å². The molecule has 3 heteroatoms. The van der Waals surface area contributed by atoms with Crippen molar-refractivity contribution in [1.82, 2.24) is 0 Å². The van der Waals surface area contributed by atoms with E-state index in [0.29, 0.717) is 18.9 Å². The van der Waals surface area contributed by atoms with Gasteiger partial charge in [0.15, 0.2) is 5.78 Å². The number of hydrogen-bond acceptors (Lipinski definition) is 3. The molecule has 1 aliphatic carbocycles. The first-order chi connectivity index (χ1) is 9.53. The fourth-order valence-electron chi connectivity index (χ4n) is 2.60. The fraction of sp³-hybridized carbons (Fsp3) is 0.412. The van der Waals surface area contributed by atoms with E-state index in [0.717, 1.165) is 29.5 Å². The maximum atomic E-state index is 11.5. The summed E-state index contributed by atoms with van der Waals surface area (Å²) in [6.45, 7) is 4.74. The smallest absolute Gasteiger partial charge is 0.216 e. The van der Waals surface area contributed by atoms with Crippen molar-refractivity contribution in [1.29, 1.82) is 0 Å². The Morgan fingerprint density at radius 3 is 2.70 bits per heavy atom. The van der Waals surface area contributed by atoms with Crippen LogP contribution in [0.1, 0.15) is 44.2 Å². The number of allylic oxidation sites excluding steroid dienone is 2. The molecule has 1 aliphatic heterocycles. The van der Waals surface area contributed by atoms with Crippen molar-refractivity contribution in [2.75, 3.05) is 6.61 Å². The lowest BCUT2D eigenvalue weighted by Crippen LogP contribution is -2.17. The number of carbonyl (C=O) groups excluding carboxylic acids is 1. The van der Waals surface area contributed by atoms with Crippen LogP contribution < -0.4 is 0 Å². The lowest BCUT2D eigenvalue weighted by atomic mass is 9.92. The molecule has 0 amide bonds. The molecule has 0 spiro atoms. The van der Waals surface area contributed by atoms with Gasteiger partial charge in [-0.25, -0.2) is 4.99 Å². The zero-order chi connectivity index (χ0) is 14.2. The SMILES string of the molecule is CC1(C)COC(c2cccc(C3=CC(=O)CCC3)c2)=N1. The predicted molar refractivity (Wildman–Crippen MR) is 79.8 cm³/mol. The van der Waals surface area contributed by atoms with Crippen molar-refractivity contribution in [3.05, 3.63) is 41.5 Å². The normalized spacial score (nSPS) is 21.2. The van der Waals surface area contributed by atoms with Crippen LogP contribution >= 0.6 is 0 Å². The third kappa shape index (κ3) is 2.67. The summed E-state index contributed by atoms with van der Waals surface area (Å²) in [6, 6.07) is 8.13. The minimum Gasteiger partial charge on any atom is -0.475 e. The summed E-state index contributed by atoms with van der Waals surface area (Å²) in [5, 5.41) is 0. The van der Waals surface area contributed by atoms with Gasteiger partial charge in [-0.3, -0.25) is 4.79 Å². The molecule has 1 aromatic rings. The topological polar surface area (TPSA) is 38.7 Å². The van der Waals surface area contributed by atoms with Crippen LogP contribution in [0.25, 0.3) is 5.57 Å². The van der Waals surface area contributed by atoms with Crippen LogP contribution in [0.15, 0.2) is 35.3 Å². The lowest BCUT2D eigenvalue weighted by Gasteiger charge is -2.13. The standard InChI is InChI=1S/C17H19NO2/c1-17(2)11-20-16(18-17)14-7-3-5-12(9-14)13-6-4-8-15(19)10-13/h3,5,7,9-10H,4,6,8,11H2,1-2H3. The maximum Gasteiger partial charge on any atom is 0.216 e. The molecule has 1 heterocycles. The number of nitrogens with zero attached hydrogens (tertiary/aromatic N) is 1. The van der Waals surface area contributed by atoms with Gasteiger partial charge in [0.25, 0.3) is 0 Å². The number of benzene rings is 1. The van der Waals surface area contributed by atoms with E-state index in [1.54, 1.807) is 6.08 Å². The zero-order valence-corrected chi connectivity index (χ0v) is 12.0. The number of aliphatic imine (C=N–C) groups is 1. The van der Waals surface area contributed by atoms with Crippen molar-refractivity contribution >= 4 is 17.3 Å². The first-order valence-corrected chi connectivity index (χ1v) is 7.10. The second-order valence-electron chi connectivity index (χ2n) is 6.09. The second-order valence-corrected chi connectivity index (χ2v) is 6.09. The molecule has 0 saturated carbocycles. The van der Waals surface area contributed by atoms with Gasteiger partial charge in [-0.15, -0.1) is 0 Å². The Morgan fingerprint density at radius 2 is 2.00 bits per heavy atom. The van der Waals surface area contributed by atoms with Crippen molar-refractivity contribution in [2.45, 2.75) is 38.6 Å². The van der Waals surface area contributed by atoms with E-state index in [9.17, 15) is 4.79 Å². The number of ether oxygens (including phenoxy) is 1. The van der Waals surface area contributed by atoms with Crippen LogP contribution in [-0.4, -0.2) is 23.8 Å². The lowest BCUT2D eigenvalue weighted by molar-refractivity contribution is -0.114. The summed E-state index contributed by atoms with van der Waals surface area (Å²) in [6.07, 6.45) is 4.37. The van der Waals surface area contributed by atoms with Crippen molar-refractivity contribution < 1.29 is 9.53 Å². The fourth-order valence-corrected chi connectivity index (χ4v) is 2.60. The van der Waals surface area contributed by atoms with Crippen molar-refractivity contribution in [3.63, 3.8) is 0 Å². The van der Waals surface area contributed by atoms with Crippen LogP contribution in [-0.2, 0) is 9.53 Å². The van der Waals surface area contributed by atoms with Crippen LogP contribution in [0.3, 0.4) is 0 Å². The molecule has 0 saturated heterocycles. The molecule has 0 bridgehead atoms. The quantitative estimate of drug-likeness (QED) is 0.825. The minimum absolute atomic E-state index is 0.147. The molecule has 1 aromatic carbocycles. The molecular formula is C17H19NO2. The summed E-state index contributed by atoms with van der Waals surface area (Å²) in [5.74, 6) is 0.937. The Hall–Kier alpha value is -1.90. The number of rotatable bonds is 2. The van der Waals surface area contributed by atoms with Gasteiger partial charge < -0.3 is 4.74 Å². The highest BCUT2D eigenvalue weighted by molar-refractivity contribution is 6.00. The summed E-state index contributed by atoms with van der Waals surface area (Å²) in [5.41, 5.74) is 3.07. The van der Waals surface area contributed by atoms with Crippen LogP contribution in [0, 0.1) is 0 Å². The molecular weight excluding hydrogens is 250 g/mol. The molecule has 0 N–H and O–H groups in total. The Morgan fingerprint density at radius 1 is 1.20 bits per heavy atom. The summed E-state index contributed by atoms with van der Waals surface area (Å²) in [4.78, 5) is 16.1. The number of ketones is 1. The van der Waals surface area contributed by atoms with Crippen LogP contribution in [0.2, 0.25) is 0 Å². The maximum absolute atomic E-state index is 11.5. The average molecular weight is 269 g/mol. The molecule has 0 aromatic heterocycles. The first kappa shape index (κ1) is 13.1. The molecule has 2 aliphatic rings. The largest absolute Gasteiger partial charge is 0.475 e. The van der Waals surface area contributed by atoms with Crippen LogP contribution in [0.5, 0.6) is 0 Å². The van der Waals surface area contributed by atoms with E-state index in [1.165, 1.54) is 0 Å². The van der Waals surface area contributed by atoms with Gasteiger partial charge in [-0.1, -0.05) is 12.1 Å². The van der Waals surface area contributed by atoms with E-state index in [4.69, 9.17) is 4.74 Å². The highest BCUT2D eigenvalue weighted by atomic mass is 16.5. The Balaban J connectivity index is 1.93. The molecule has 3 nitrogen and oxygen atoms in total. The highest BCUT2D eigenvalue weighted by Crippen LogP contribution is 2.27. The Labute approximate surface area is 119 Å². The van der Waals surface area contributed by atoms with Crippen molar-refractivity contribution in [2.24, 2.45) is 4.99 Å². The van der Waals surface area contributed by atoms with Gasteiger partial charge in [0.2, 0.25) is 5.90 Å². The molecule has 0 radical (unpaired) electrons. The molecule has 3 rings (SSSR count). The monoisotopic (exact) mass is 269 g/mol. The van der Waals surface area contributed by atoms with Gasteiger partial charge in [0, 0.05) is 12.0 Å². The van der Waals surface area contributed by atoms with E-state index in [-0.39, 0.29) is 11.3 Å². The average Bonchev–Trinajstić information content (AvgIpc) is 2.79. The third-order valence-corrected chi connectivity index (χ3v) is 3.65. The molecule has 0 unspecified atom stereocenters. The molecule has 104 valence electrons. The van der Waals surface area contributed by atoms with E-state index >= 15 is 0 Å². The molecule has 0 atom stereocenters. The molecule has 20 heavy (non-hydrogen) atoms. The number of carbonyl (C=O) groups is 1.